The third-order valence-corrected chi connectivity index (χ3v) is 4.95. The van der Waals surface area contributed by atoms with Gasteiger partial charge in [0.15, 0.2) is 0 Å². The number of fused-ring (bicyclic) bond motifs is 2. The summed E-state index contributed by atoms with van der Waals surface area (Å²) < 4.78 is 5.32. The normalized spacial score (nSPS) is 25.8. The van der Waals surface area contributed by atoms with E-state index < -0.39 is 0 Å². The molecule has 3 rings (SSSR count). The Morgan fingerprint density at radius 3 is 2.84 bits per heavy atom. The van der Waals surface area contributed by atoms with Crippen LogP contribution in [0.1, 0.15) is 37.3 Å². The number of aliphatic hydroxyl groups is 1. The van der Waals surface area contributed by atoms with E-state index in [0.717, 1.165) is 31.4 Å². The summed E-state index contributed by atoms with van der Waals surface area (Å²) in [6.45, 7) is 2.61. The molecular weight excluding hydrogens is 236 g/mol. The van der Waals surface area contributed by atoms with Crippen LogP contribution >= 0.6 is 0 Å². The van der Waals surface area contributed by atoms with Gasteiger partial charge in [0.2, 0.25) is 0 Å². The summed E-state index contributed by atoms with van der Waals surface area (Å²) in [4.78, 5) is 0. The van der Waals surface area contributed by atoms with Crippen LogP contribution in [0.25, 0.3) is 5.57 Å². The van der Waals surface area contributed by atoms with Crippen LogP contribution in [0.15, 0.2) is 23.8 Å². The topological polar surface area (TPSA) is 29.5 Å². The van der Waals surface area contributed by atoms with E-state index in [1.165, 1.54) is 11.1 Å². The molecule has 0 amide bonds. The van der Waals surface area contributed by atoms with Gasteiger partial charge in [-0.2, -0.15) is 0 Å². The highest BCUT2D eigenvalue weighted by atomic mass is 16.5. The fourth-order valence-electron chi connectivity index (χ4n) is 3.70. The van der Waals surface area contributed by atoms with Gasteiger partial charge in [0.25, 0.3) is 0 Å². The summed E-state index contributed by atoms with van der Waals surface area (Å²) in [5.41, 5.74) is 5.97. The van der Waals surface area contributed by atoms with Gasteiger partial charge in [-0.15, -0.1) is 0 Å². The van der Waals surface area contributed by atoms with Gasteiger partial charge < -0.3 is 9.84 Å². The Bertz CT molecular complexity index is 516. The van der Waals surface area contributed by atoms with Crippen LogP contribution in [0.2, 0.25) is 0 Å². The summed E-state index contributed by atoms with van der Waals surface area (Å²) in [6.07, 6.45) is 4.48. The molecular formula is C17H22O2. The van der Waals surface area contributed by atoms with Crippen LogP contribution in [0.4, 0.5) is 0 Å². The van der Waals surface area contributed by atoms with Crippen LogP contribution in [0.5, 0.6) is 5.75 Å². The standard InChI is InChI=1S/C17H22O2/c1-11-13(10-18)4-7-17-15(11)6-3-12-9-14(19-2)5-8-16(12)17/h5,8-9,11,13,18H,3-4,6-7,10H2,1-2H3. The molecule has 0 aromatic heterocycles. The van der Waals surface area contributed by atoms with Crippen molar-refractivity contribution in [2.24, 2.45) is 11.8 Å². The number of aliphatic hydroxyl groups excluding tert-OH is 1. The van der Waals surface area contributed by atoms with Crippen molar-refractivity contribution in [3.63, 3.8) is 0 Å². The van der Waals surface area contributed by atoms with E-state index in [2.05, 4.69) is 25.1 Å². The van der Waals surface area contributed by atoms with Gasteiger partial charge in [-0.3, -0.25) is 0 Å². The highest BCUT2D eigenvalue weighted by Crippen LogP contribution is 2.45. The van der Waals surface area contributed by atoms with Crippen LogP contribution in [0.3, 0.4) is 0 Å². The first kappa shape index (κ1) is 12.7. The van der Waals surface area contributed by atoms with Crippen LogP contribution < -0.4 is 4.74 Å². The molecule has 1 aromatic carbocycles. The van der Waals surface area contributed by atoms with Crippen molar-refractivity contribution < 1.29 is 9.84 Å². The predicted octanol–water partition coefficient (Wildman–Crippen LogP) is 3.43. The van der Waals surface area contributed by atoms with E-state index in [1.807, 2.05) is 0 Å². The van der Waals surface area contributed by atoms with E-state index in [0.29, 0.717) is 18.4 Å². The maximum Gasteiger partial charge on any atom is 0.119 e. The van der Waals surface area contributed by atoms with Crippen molar-refractivity contribution in [3.8, 4) is 5.75 Å². The van der Waals surface area contributed by atoms with Crippen molar-refractivity contribution in [2.75, 3.05) is 13.7 Å². The number of allylic oxidation sites excluding steroid dienone is 2. The maximum absolute atomic E-state index is 9.48. The molecule has 0 saturated carbocycles. The Balaban J connectivity index is 2.02. The van der Waals surface area contributed by atoms with Gasteiger partial charge >= 0.3 is 0 Å². The second-order valence-electron chi connectivity index (χ2n) is 5.80. The molecule has 2 aliphatic rings. The van der Waals surface area contributed by atoms with E-state index in [4.69, 9.17) is 4.74 Å². The van der Waals surface area contributed by atoms with Crippen molar-refractivity contribution >= 4 is 5.57 Å². The number of methoxy groups -OCH3 is 1. The van der Waals surface area contributed by atoms with Gasteiger partial charge in [-0.25, -0.2) is 0 Å². The van der Waals surface area contributed by atoms with Gasteiger partial charge in [-0.1, -0.05) is 18.6 Å². The van der Waals surface area contributed by atoms with Crippen LogP contribution in [-0.4, -0.2) is 18.8 Å². The summed E-state index contributed by atoms with van der Waals surface area (Å²) in [5, 5.41) is 9.48. The smallest absolute Gasteiger partial charge is 0.119 e. The second kappa shape index (κ2) is 5.01. The van der Waals surface area contributed by atoms with Crippen molar-refractivity contribution in [1.82, 2.24) is 0 Å². The first-order chi connectivity index (χ1) is 9.24. The summed E-state index contributed by atoms with van der Waals surface area (Å²) in [5.74, 6) is 1.95. The molecule has 2 unspecified atom stereocenters. The lowest BCUT2D eigenvalue weighted by atomic mass is 9.69. The molecule has 0 spiro atoms. The maximum atomic E-state index is 9.48. The third kappa shape index (κ3) is 2.08. The SMILES string of the molecule is COc1ccc2c(c1)CCC1=C2CCC(CO)C1C. The quantitative estimate of drug-likeness (QED) is 0.880. The first-order valence-corrected chi connectivity index (χ1v) is 7.24. The minimum absolute atomic E-state index is 0.327. The molecule has 19 heavy (non-hydrogen) atoms. The molecule has 0 heterocycles. The molecule has 2 atom stereocenters. The van der Waals surface area contributed by atoms with Gasteiger partial charge in [0.05, 0.1) is 7.11 Å². The molecule has 2 aliphatic carbocycles. The Morgan fingerprint density at radius 1 is 1.26 bits per heavy atom. The molecule has 2 heteroatoms. The lowest BCUT2D eigenvalue weighted by Crippen LogP contribution is -2.25. The minimum Gasteiger partial charge on any atom is -0.497 e. The molecule has 0 fully saturated rings. The zero-order valence-corrected chi connectivity index (χ0v) is 11.8. The first-order valence-electron chi connectivity index (χ1n) is 7.24. The summed E-state index contributed by atoms with van der Waals surface area (Å²) in [6, 6.07) is 6.47. The molecule has 1 N–H and O–H groups in total. The number of ether oxygens (including phenoxy) is 1. The van der Waals surface area contributed by atoms with E-state index in [9.17, 15) is 5.11 Å². The molecule has 2 nitrogen and oxygen atoms in total. The van der Waals surface area contributed by atoms with Crippen molar-refractivity contribution in [2.45, 2.75) is 32.6 Å². The Morgan fingerprint density at radius 2 is 2.11 bits per heavy atom. The highest BCUT2D eigenvalue weighted by molar-refractivity contribution is 5.74. The zero-order chi connectivity index (χ0) is 13.4. The monoisotopic (exact) mass is 258 g/mol. The van der Waals surface area contributed by atoms with E-state index in [-0.39, 0.29) is 0 Å². The number of rotatable bonds is 2. The summed E-state index contributed by atoms with van der Waals surface area (Å²) >= 11 is 0. The molecule has 1 aromatic rings. The average molecular weight is 258 g/mol. The molecule has 102 valence electrons. The van der Waals surface area contributed by atoms with E-state index >= 15 is 0 Å². The summed E-state index contributed by atoms with van der Waals surface area (Å²) in [7, 11) is 1.73. The Labute approximate surface area is 115 Å². The zero-order valence-electron chi connectivity index (χ0n) is 11.8. The van der Waals surface area contributed by atoms with Gasteiger partial charge in [0, 0.05) is 6.61 Å². The van der Waals surface area contributed by atoms with Gasteiger partial charge in [0.1, 0.15) is 5.75 Å². The predicted molar refractivity (Wildman–Crippen MR) is 77.2 cm³/mol. The molecule has 0 radical (unpaired) electrons. The lowest BCUT2D eigenvalue weighted by molar-refractivity contribution is 0.182. The molecule has 0 saturated heterocycles. The number of hydrogen-bond acceptors (Lipinski definition) is 2. The number of hydrogen-bond donors (Lipinski definition) is 1. The molecule has 0 aliphatic heterocycles. The second-order valence-corrected chi connectivity index (χ2v) is 5.80. The van der Waals surface area contributed by atoms with E-state index in [1.54, 1.807) is 18.3 Å². The highest BCUT2D eigenvalue weighted by Gasteiger charge is 2.31. The third-order valence-electron chi connectivity index (χ3n) is 4.95. The van der Waals surface area contributed by atoms with Crippen molar-refractivity contribution in [1.29, 1.82) is 0 Å². The van der Waals surface area contributed by atoms with Crippen molar-refractivity contribution in [3.05, 3.63) is 34.9 Å². The number of aryl methyl sites for hydroxylation is 1. The fraction of sp³-hybridized carbons (Fsp3) is 0.529. The lowest BCUT2D eigenvalue weighted by Gasteiger charge is -2.36. The fourth-order valence-corrected chi connectivity index (χ4v) is 3.70. The largest absolute Gasteiger partial charge is 0.497 e. The number of benzene rings is 1. The van der Waals surface area contributed by atoms with Crippen LogP contribution in [0, 0.1) is 11.8 Å². The molecule has 0 bridgehead atoms. The van der Waals surface area contributed by atoms with Crippen LogP contribution in [-0.2, 0) is 6.42 Å². The minimum atomic E-state index is 0.327. The Kier molecular flexibility index (Phi) is 3.36. The van der Waals surface area contributed by atoms with Gasteiger partial charge in [-0.05, 0) is 66.4 Å². The Hall–Kier alpha value is -1.28. The average Bonchev–Trinajstić information content (AvgIpc) is 2.46.